The summed E-state index contributed by atoms with van der Waals surface area (Å²) >= 11 is 3.49. The van der Waals surface area contributed by atoms with Gasteiger partial charge >= 0.3 is 0 Å². The van der Waals surface area contributed by atoms with Crippen molar-refractivity contribution in [1.29, 1.82) is 0 Å². The van der Waals surface area contributed by atoms with E-state index in [1.54, 1.807) is 12.1 Å². The van der Waals surface area contributed by atoms with E-state index >= 15 is 0 Å². The fourth-order valence-electron chi connectivity index (χ4n) is 3.36. The average molecular weight is 327 g/mol. The number of hydrogen-bond donors (Lipinski definition) is 1. The molecule has 4 heteroatoms. The second-order valence-corrected chi connectivity index (χ2v) is 6.62. The zero-order chi connectivity index (χ0) is 13.4. The minimum Gasteiger partial charge on any atom is -0.310 e. The van der Waals surface area contributed by atoms with Crippen LogP contribution in [-0.4, -0.2) is 30.1 Å². The Morgan fingerprint density at radius 1 is 1.32 bits per heavy atom. The normalized spacial score (nSPS) is 29.2. The van der Waals surface area contributed by atoms with Gasteiger partial charge in [-0.15, -0.1) is 0 Å². The Bertz CT molecular complexity index is 465. The van der Waals surface area contributed by atoms with Crippen LogP contribution in [0.4, 0.5) is 4.39 Å². The standard InChI is InChI=1S/C15H20BrFN2/c1-10(14-5-2-11(17)8-15(14)16)19-7-6-12-3-4-13(9-19)18-12/h2,5,8,10,12-13,18H,3-4,6-7,9H2,1H3. The molecule has 2 nitrogen and oxygen atoms in total. The van der Waals surface area contributed by atoms with Gasteiger partial charge < -0.3 is 5.32 Å². The lowest BCUT2D eigenvalue weighted by molar-refractivity contribution is 0.199. The van der Waals surface area contributed by atoms with Crippen molar-refractivity contribution in [3.63, 3.8) is 0 Å². The first-order chi connectivity index (χ1) is 9.13. The van der Waals surface area contributed by atoms with Crippen LogP contribution in [0.3, 0.4) is 0 Å². The van der Waals surface area contributed by atoms with Crippen molar-refractivity contribution < 1.29 is 4.39 Å². The maximum absolute atomic E-state index is 13.2. The molecule has 2 aliphatic rings. The number of rotatable bonds is 2. The molecule has 0 aliphatic carbocycles. The Morgan fingerprint density at radius 2 is 2.11 bits per heavy atom. The minimum absolute atomic E-state index is 0.181. The van der Waals surface area contributed by atoms with Gasteiger partial charge in [-0.2, -0.15) is 0 Å². The lowest BCUT2D eigenvalue weighted by Gasteiger charge is -2.31. The Kier molecular flexibility index (Phi) is 3.92. The molecule has 0 aromatic heterocycles. The Balaban J connectivity index is 1.77. The summed E-state index contributed by atoms with van der Waals surface area (Å²) in [7, 11) is 0. The first-order valence-electron chi connectivity index (χ1n) is 7.08. The van der Waals surface area contributed by atoms with Gasteiger partial charge in [-0.3, -0.25) is 4.90 Å². The lowest BCUT2D eigenvalue weighted by Crippen LogP contribution is -2.36. The highest BCUT2D eigenvalue weighted by Gasteiger charge is 2.31. The number of likely N-dealkylation sites (tertiary alicyclic amines) is 1. The summed E-state index contributed by atoms with van der Waals surface area (Å²) in [6, 6.07) is 6.69. The first-order valence-corrected chi connectivity index (χ1v) is 7.88. The van der Waals surface area contributed by atoms with Crippen LogP contribution in [0.15, 0.2) is 22.7 Å². The summed E-state index contributed by atoms with van der Waals surface area (Å²) in [6.07, 6.45) is 3.84. The van der Waals surface area contributed by atoms with Crippen LogP contribution in [-0.2, 0) is 0 Å². The van der Waals surface area contributed by atoms with Crippen molar-refractivity contribution in [3.05, 3.63) is 34.1 Å². The van der Waals surface area contributed by atoms with Gasteiger partial charge in [0, 0.05) is 35.7 Å². The van der Waals surface area contributed by atoms with Crippen LogP contribution in [0.5, 0.6) is 0 Å². The molecule has 2 bridgehead atoms. The molecule has 0 amide bonds. The fourth-order valence-corrected chi connectivity index (χ4v) is 4.04. The molecule has 2 saturated heterocycles. The van der Waals surface area contributed by atoms with Crippen molar-refractivity contribution in [2.24, 2.45) is 0 Å². The Hall–Kier alpha value is -0.450. The molecule has 1 aromatic carbocycles. The van der Waals surface area contributed by atoms with Gasteiger partial charge in [0.15, 0.2) is 0 Å². The predicted octanol–water partition coefficient (Wildman–Crippen LogP) is 3.48. The van der Waals surface area contributed by atoms with E-state index in [4.69, 9.17) is 0 Å². The van der Waals surface area contributed by atoms with E-state index in [1.807, 2.05) is 6.07 Å². The summed E-state index contributed by atoms with van der Waals surface area (Å²) in [6.45, 7) is 4.44. The van der Waals surface area contributed by atoms with Crippen LogP contribution in [0, 0.1) is 5.82 Å². The molecule has 0 spiro atoms. The highest BCUT2D eigenvalue weighted by atomic mass is 79.9. The van der Waals surface area contributed by atoms with Crippen molar-refractivity contribution in [2.45, 2.75) is 44.3 Å². The Morgan fingerprint density at radius 3 is 2.89 bits per heavy atom. The lowest BCUT2D eigenvalue weighted by atomic mass is 10.0. The van der Waals surface area contributed by atoms with Gasteiger partial charge in [-0.05, 0) is 43.9 Å². The quantitative estimate of drug-likeness (QED) is 0.895. The van der Waals surface area contributed by atoms with Gasteiger partial charge in [0.1, 0.15) is 5.82 Å². The number of nitrogens with one attached hydrogen (secondary N) is 1. The zero-order valence-corrected chi connectivity index (χ0v) is 12.8. The molecule has 0 radical (unpaired) electrons. The van der Waals surface area contributed by atoms with E-state index in [0.29, 0.717) is 18.1 Å². The number of hydrogen-bond acceptors (Lipinski definition) is 2. The van der Waals surface area contributed by atoms with E-state index < -0.39 is 0 Å². The monoisotopic (exact) mass is 326 g/mol. The van der Waals surface area contributed by atoms with Crippen molar-refractivity contribution in [1.82, 2.24) is 10.2 Å². The third-order valence-electron chi connectivity index (χ3n) is 4.51. The highest BCUT2D eigenvalue weighted by Crippen LogP contribution is 2.31. The van der Waals surface area contributed by atoms with Gasteiger partial charge in [0.2, 0.25) is 0 Å². The minimum atomic E-state index is -0.181. The van der Waals surface area contributed by atoms with Gasteiger partial charge in [-0.1, -0.05) is 22.0 Å². The van der Waals surface area contributed by atoms with Crippen molar-refractivity contribution in [2.75, 3.05) is 13.1 Å². The molecule has 0 saturated carbocycles. The maximum atomic E-state index is 13.2. The summed E-state index contributed by atoms with van der Waals surface area (Å²) in [5.41, 5.74) is 1.18. The third kappa shape index (κ3) is 2.86. The molecule has 104 valence electrons. The van der Waals surface area contributed by atoms with E-state index in [9.17, 15) is 4.39 Å². The number of halogens is 2. The van der Waals surface area contributed by atoms with Crippen molar-refractivity contribution >= 4 is 15.9 Å². The second-order valence-electron chi connectivity index (χ2n) is 5.76. The van der Waals surface area contributed by atoms with Crippen LogP contribution in [0.2, 0.25) is 0 Å². The molecule has 19 heavy (non-hydrogen) atoms. The molecule has 1 aromatic rings. The molecular weight excluding hydrogens is 307 g/mol. The maximum Gasteiger partial charge on any atom is 0.124 e. The third-order valence-corrected chi connectivity index (χ3v) is 5.20. The van der Waals surface area contributed by atoms with Crippen LogP contribution >= 0.6 is 15.9 Å². The largest absolute Gasteiger partial charge is 0.310 e. The summed E-state index contributed by atoms with van der Waals surface area (Å²) < 4.78 is 14.1. The van der Waals surface area contributed by atoms with Crippen LogP contribution < -0.4 is 5.32 Å². The van der Waals surface area contributed by atoms with E-state index in [-0.39, 0.29) is 5.82 Å². The number of fused-ring (bicyclic) bond motifs is 2. The second kappa shape index (κ2) is 5.51. The van der Waals surface area contributed by atoms with E-state index in [0.717, 1.165) is 17.6 Å². The van der Waals surface area contributed by atoms with E-state index in [1.165, 1.54) is 24.8 Å². The molecule has 2 aliphatic heterocycles. The molecule has 2 fully saturated rings. The van der Waals surface area contributed by atoms with E-state index in [2.05, 4.69) is 33.1 Å². The topological polar surface area (TPSA) is 15.3 Å². The Labute approximate surface area is 122 Å². The highest BCUT2D eigenvalue weighted by molar-refractivity contribution is 9.10. The molecule has 3 rings (SSSR count). The molecule has 2 heterocycles. The number of nitrogens with zero attached hydrogens (tertiary/aromatic N) is 1. The summed E-state index contributed by atoms with van der Waals surface area (Å²) in [4.78, 5) is 2.52. The first kappa shape index (κ1) is 13.5. The average Bonchev–Trinajstić information content (AvgIpc) is 2.68. The van der Waals surface area contributed by atoms with Crippen LogP contribution in [0.1, 0.15) is 37.8 Å². The summed E-state index contributed by atoms with van der Waals surface area (Å²) in [5.74, 6) is -0.181. The summed E-state index contributed by atoms with van der Waals surface area (Å²) in [5, 5.41) is 3.70. The smallest absolute Gasteiger partial charge is 0.124 e. The molecular formula is C15H20BrFN2. The molecule has 3 atom stereocenters. The number of benzene rings is 1. The predicted molar refractivity (Wildman–Crippen MR) is 78.7 cm³/mol. The van der Waals surface area contributed by atoms with Crippen molar-refractivity contribution in [3.8, 4) is 0 Å². The van der Waals surface area contributed by atoms with Crippen LogP contribution in [0.25, 0.3) is 0 Å². The zero-order valence-electron chi connectivity index (χ0n) is 11.2. The molecule has 3 unspecified atom stereocenters. The SMILES string of the molecule is CC(c1ccc(F)cc1Br)N1CCC2CCC(C1)N2. The van der Waals surface area contributed by atoms with Gasteiger partial charge in [0.25, 0.3) is 0 Å². The van der Waals surface area contributed by atoms with Gasteiger partial charge in [-0.25, -0.2) is 4.39 Å². The van der Waals surface area contributed by atoms with Gasteiger partial charge in [0.05, 0.1) is 0 Å². The molecule has 1 N–H and O–H groups in total. The fraction of sp³-hybridized carbons (Fsp3) is 0.600.